The number of rotatable bonds is 9. The quantitative estimate of drug-likeness (QED) is 0.138. The number of nitrogen functional groups attached to an aromatic ring is 1. The Morgan fingerprint density at radius 1 is 1.09 bits per heavy atom. The zero-order chi connectivity index (χ0) is 33.5. The van der Waals surface area contributed by atoms with Crippen LogP contribution < -0.4 is 21.9 Å². The van der Waals surface area contributed by atoms with Crippen molar-refractivity contribution in [2.45, 2.75) is 26.3 Å². The van der Waals surface area contributed by atoms with Crippen LogP contribution in [-0.2, 0) is 21.6 Å². The Labute approximate surface area is 270 Å². The molecule has 2 aromatic heterocycles. The molecule has 47 heavy (non-hydrogen) atoms. The van der Waals surface area contributed by atoms with Gasteiger partial charge >= 0.3 is 16.0 Å². The highest BCUT2D eigenvalue weighted by molar-refractivity contribution is 7.84. The molecule has 0 amide bonds. The van der Waals surface area contributed by atoms with Crippen LogP contribution in [0, 0.1) is 5.41 Å². The summed E-state index contributed by atoms with van der Waals surface area (Å²) < 4.78 is 46.1. The fraction of sp³-hybridized carbons (Fsp3) is 0.242. The van der Waals surface area contributed by atoms with Gasteiger partial charge in [0.2, 0.25) is 5.96 Å². The second-order valence-corrected chi connectivity index (χ2v) is 12.4. The van der Waals surface area contributed by atoms with Crippen molar-refractivity contribution in [2.24, 2.45) is 4.40 Å². The Kier molecular flexibility index (Phi) is 8.49. The number of aromatic nitrogens is 4. The maximum absolute atomic E-state index is 14.1. The molecule has 0 radical (unpaired) electrons. The molecule has 0 aliphatic heterocycles. The van der Waals surface area contributed by atoms with E-state index in [2.05, 4.69) is 9.38 Å². The number of likely N-dealkylation sites (N-methyl/N-ethyl adjacent to an activating group) is 1. The number of nitrogens with zero attached hydrogens (tertiary/aromatic N) is 6. The van der Waals surface area contributed by atoms with Crippen molar-refractivity contribution in [3.63, 3.8) is 0 Å². The zero-order valence-electron chi connectivity index (χ0n) is 26.1. The molecule has 2 aliphatic rings. The molecule has 0 bridgehead atoms. The van der Waals surface area contributed by atoms with Crippen LogP contribution in [0.1, 0.15) is 31.2 Å². The highest BCUT2D eigenvalue weighted by Gasteiger charge is 2.32. The van der Waals surface area contributed by atoms with Crippen molar-refractivity contribution in [3.8, 4) is 0 Å². The molecule has 6 rings (SSSR count). The van der Waals surface area contributed by atoms with Crippen LogP contribution in [0.5, 0.6) is 0 Å². The maximum Gasteiger partial charge on any atom is 0.378 e. The summed E-state index contributed by atoms with van der Waals surface area (Å²) in [7, 11) is -1.63. The summed E-state index contributed by atoms with van der Waals surface area (Å²) in [5, 5.41) is 10.8. The smallest absolute Gasteiger partial charge is 0.378 e. The van der Waals surface area contributed by atoms with E-state index < -0.39 is 16.0 Å². The number of imidazole rings is 1. The van der Waals surface area contributed by atoms with E-state index in [4.69, 9.17) is 20.9 Å². The lowest BCUT2D eigenvalue weighted by atomic mass is 9.85. The largest absolute Gasteiger partial charge is 0.383 e. The van der Waals surface area contributed by atoms with Gasteiger partial charge in [0, 0.05) is 20.7 Å². The number of nitrogens with two attached hydrogens (primary N) is 1. The van der Waals surface area contributed by atoms with Gasteiger partial charge in [0.1, 0.15) is 5.52 Å². The van der Waals surface area contributed by atoms with Gasteiger partial charge < -0.3 is 15.4 Å². The van der Waals surface area contributed by atoms with Crippen molar-refractivity contribution in [1.82, 2.24) is 24.0 Å². The van der Waals surface area contributed by atoms with Gasteiger partial charge in [0.25, 0.3) is 0 Å². The number of hydrogen-bond donors (Lipinski definition) is 3. The summed E-state index contributed by atoms with van der Waals surface area (Å²) in [5.41, 5.74) is 9.44. The zero-order valence-corrected chi connectivity index (χ0v) is 27.0. The van der Waals surface area contributed by atoms with E-state index in [1.165, 1.54) is 4.57 Å². The van der Waals surface area contributed by atoms with Gasteiger partial charge in [0.15, 0.2) is 17.3 Å². The molecule has 0 saturated carbocycles. The van der Waals surface area contributed by atoms with E-state index in [1.54, 1.807) is 19.1 Å². The van der Waals surface area contributed by atoms with Crippen LogP contribution >= 0.6 is 0 Å². The molecule has 2 aliphatic carbocycles. The first-order valence-electron chi connectivity index (χ1n) is 15.0. The third-order valence-corrected chi connectivity index (χ3v) is 8.51. The number of methoxy groups -OCH3 is 1. The van der Waals surface area contributed by atoms with Gasteiger partial charge in [-0.2, -0.15) is 8.42 Å². The number of fused-ring (bicyclic) bond motifs is 3. The normalized spacial score (nSPS) is 15.1. The minimum atomic E-state index is -4.84. The van der Waals surface area contributed by atoms with Gasteiger partial charge in [0.05, 0.1) is 24.4 Å². The molecule has 242 valence electrons. The first kappa shape index (κ1) is 31.8. The van der Waals surface area contributed by atoms with E-state index >= 15 is 0 Å². The van der Waals surface area contributed by atoms with Gasteiger partial charge in [-0.15, -0.1) is 4.40 Å². The molecule has 4 N–H and O–H groups in total. The summed E-state index contributed by atoms with van der Waals surface area (Å²) in [6.07, 6.45) is 4.90. The fourth-order valence-corrected chi connectivity index (χ4v) is 6.38. The Hall–Kier alpha value is -5.18. The highest BCUT2D eigenvalue weighted by Crippen LogP contribution is 2.37. The van der Waals surface area contributed by atoms with E-state index in [-0.39, 0.29) is 46.6 Å². The standard InChI is InChI=1S/C33H34N8O5S/c1-4-10-22-18-24-23-14-9-8-13-21(23)17-25(24)26(27(22)38-47(43,44)45)30-36-29(34)28-31(37-30)40(19-20-11-6-5-7-12-20)33(42)41(28)32(35)39(2)15-16-46-3/h5-9,11-14,17-18,35H,4,10,15-16,19H2,1-3H3,(H2,34,36,37)(H,43,44,45). The number of ether oxygens (including phenoxy) is 1. The predicted molar refractivity (Wildman–Crippen MR) is 182 cm³/mol. The Morgan fingerprint density at radius 3 is 2.51 bits per heavy atom. The Morgan fingerprint density at radius 2 is 1.81 bits per heavy atom. The van der Waals surface area contributed by atoms with Crippen molar-refractivity contribution in [2.75, 3.05) is 33.0 Å². The summed E-state index contributed by atoms with van der Waals surface area (Å²) in [6.45, 7) is 2.72. The third-order valence-electron chi connectivity index (χ3n) is 8.10. The van der Waals surface area contributed by atoms with Crippen molar-refractivity contribution in [3.05, 3.63) is 104 Å². The number of benzene rings is 2. The molecular formula is C33H34N8O5S. The van der Waals surface area contributed by atoms with Crippen LogP contribution in [0.3, 0.4) is 0 Å². The maximum atomic E-state index is 14.1. The van der Waals surface area contributed by atoms with E-state index in [1.807, 2.05) is 73.7 Å². The van der Waals surface area contributed by atoms with E-state index in [9.17, 15) is 17.8 Å². The number of nitrogens with one attached hydrogen (secondary N) is 1. The first-order chi connectivity index (χ1) is 22.5. The SMILES string of the molecule is CCCC1=CC2=c3ccccc3=CC2=C(c2nc(N)c3c(n2)n(Cc2ccccc2)c(=O)n3C(=N)N(C)CCOC)C1=NS(=O)(=O)O. The van der Waals surface area contributed by atoms with Gasteiger partial charge in [-0.05, 0) is 51.3 Å². The van der Waals surface area contributed by atoms with E-state index in [0.29, 0.717) is 37.1 Å². The van der Waals surface area contributed by atoms with Crippen LogP contribution in [0.4, 0.5) is 5.82 Å². The average molecular weight is 655 g/mol. The Bertz CT molecular complexity index is 2320. The molecule has 2 aromatic carbocycles. The minimum absolute atomic E-state index is 0.000614. The fourth-order valence-electron chi connectivity index (χ4n) is 5.94. The number of anilines is 1. The highest BCUT2D eigenvalue weighted by atomic mass is 32.2. The van der Waals surface area contributed by atoms with Crippen LogP contribution in [0.2, 0.25) is 0 Å². The molecule has 0 saturated heterocycles. The second-order valence-electron chi connectivity index (χ2n) is 11.3. The van der Waals surface area contributed by atoms with Crippen molar-refractivity contribution in [1.29, 1.82) is 5.41 Å². The molecule has 4 aromatic rings. The van der Waals surface area contributed by atoms with Gasteiger partial charge in [-0.25, -0.2) is 19.3 Å². The molecule has 0 fully saturated rings. The van der Waals surface area contributed by atoms with E-state index in [0.717, 1.165) is 26.1 Å². The molecule has 0 spiro atoms. The van der Waals surface area contributed by atoms with Crippen LogP contribution in [0.25, 0.3) is 28.4 Å². The average Bonchev–Trinajstić information content (AvgIpc) is 3.54. The lowest BCUT2D eigenvalue weighted by Gasteiger charge is -2.22. The first-order valence-corrected chi connectivity index (χ1v) is 16.4. The molecule has 0 unspecified atom stereocenters. The minimum Gasteiger partial charge on any atom is -0.383 e. The van der Waals surface area contributed by atoms with Crippen molar-refractivity contribution >= 4 is 56.2 Å². The summed E-state index contributed by atoms with van der Waals surface area (Å²) >= 11 is 0. The summed E-state index contributed by atoms with van der Waals surface area (Å²) in [6, 6.07) is 17.1. The third kappa shape index (κ3) is 5.93. The molecule has 13 nitrogen and oxygen atoms in total. The molecule has 0 atom stereocenters. The number of hydrogen-bond acceptors (Lipinski definition) is 8. The summed E-state index contributed by atoms with van der Waals surface area (Å²) in [4.78, 5) is 25.2. The Balaban J connectivity index is 1.68. The topological polar surface area (TPSA) is 182 Å². The van der Waals surface area contributed by atoms with Gasteiger partial charge in [-0.1, -0.05) is 67.9 Å². The van der Waals surface area contributed by atoms with Crippen LogP contribution in [-0.4, -0.2) is 76.0 Å². The molecule has 2 heterocycles. The van der Waals surface area contributed by atoms with Crippen LogP contribution in [0.15, 0.2) is 81.0 Å². The molecule has 14 heteroatoms. The lowest BCUT2D eigenvalue weighted by Crippen LogP contribution is -2.40. The summed E-state index contributed by atoms with van der Waals surface area (Å²) in [5.74, 6) is -0.223. The monoisotopic (exact) mass is 654 g/mol. The molecular weight excluding hydrogens is 620 g/mol. The second kappa shape index (κ2) is 12.5. The number of allylic oxidation sites excluding steroid dienone is 4. The predicted octanol–water partition coefficient (Wildman–Crippen LogP) is 1.97. The van der Waals surface area contributed by atoms with Crippen molar-refractivity contribution < 1.29 is 17.7 Å². The lowest BCUT2D eigenvalue weighted by molar-refractivity contribution is 0.181. The van der Waals surface area contributed by atoms with Gasteiger partial charge in [-0.3, -0.25) is 14.5 Å².